The molecule has 0 saturated carbocycles. The van der Waals surface area contributed by atoms with E-state index in [1.165, 1.54) is 0 Å². The van der Waals surface area contributed by atoms with Gasteiger partial charge in [-0.15, -0.1) is 0 Å². The van der Waals surface area contributed by atoms with Crippen molar-refractivity contribution in [1.82, 2.24) is 20.2 Å². The van der Waals surface area contributed by atoms with Gasteiger partial charge in [0.25, 0.3) is 0 Å². The van der Waals surface area contributed by atoms with Crippen molar-refractivity contribution < 1.29 is 0 Å². The fourth-order valence-electron chi connectivity index (χ4n) is 2.59. The van der Waals surface area contributed by atoms with Gasteiger partial charge in [0.05, 0.1) is 11.6 Å². The standard InChI is InChI=1S/C14H22N6S/c1-4-5-15-14-17-12-11(8-16-19-12)13(18-14)20-6-7-21-10(3)9(20)2/h8-10H,4-7H2,1-3H3,(H2,15,16,17,18,19). The fourth-order valence-corrected chi connectivity index (χ4v) is 3.69. The van der Waals surface area contributed by atoms with Crippen LogP contribution in [0.5, 0.6) is 0 Å². The molecule has 1 fully saturated rings. The number of anilines is 2. The zero-order chi connectivity index (χ0) is 14.8. The molecule has 2 atom stereocenters. The first-order chi connectivity index (χ1) is 10.2. The lowest BCUT2D eigenvalue weighted by Crippen LogP contribution is -2.45. The highest BCUT2D eigenvalue weighted by molar-refractivity contribution is 8.00. The lowest BCUT2D eigenvalue weighted by molar-refractivity contribution is 0.622. The van der Waals surface area contributed by atoms with Crippen LogP contribution in [0.4, 0.5) is 11.8 Å². The summed E-state index contributed by atoms with van der Waals surface area (Å²) in [5.74, 6) is 2.81. The molecule has 0 spiro atoms. The molecule has 21 heavy (non-hydrogen) atoms. The van der Waals surface area contributed by atoms with Crippen LogP contribution in [-0.2, 0) is 0 Å². The van der Waals surface area contributed by atoms with Crippen molar-refractivity contribution in [3.8, 4) is 0 Å². The maximum atomic E-state index is 4.75. The number of nitrogens with zero attached hydrogens (tertiary/aromatic N) is 4. The minimum absolute atomic E-state index is 0.454. The molecule has 2 aromatic rings. The van der Waals surface area contributed by atoms with Gasteiger partial charge in [-0.25, -0.2) is 0 Å². The van der Waals surface area contributed by atoms with Crippen molar-refractivity contribution in [1.29, 1.82) is 0 Å². The Morgan fingerprint density at radius 1 is 1.43 bits per heavy atom. The Labute approximate surface area is 129 Å². The molecule has 1 aliphatic heterocycles. The second kappa shape index (κ2) is 6.09. The number of fused-ring (bicyclic) bond motifs is 1. The first kappa shape index (κ1) is 14.4. The largest absolute Gasteiger partial charge is 0.354 e. The van der Waals surface area contributed by atoms with Crippen molar-refractivity contribution >= 4 is 34.6 Å². The predicted molar refractivity (Wildman–Crippen MR) is 89.2 cm³/mol. The van der Waals surface area contributed by atoms with Crippen LogP contribution in [0, 0.1) is 0 Å². The molecular formula is C14H22N6S. The SMILES string of the molecule is CCCNc1nc(N2CCSC(C)C2C)c2cn[nH]c2n1. The molecule has 0 aromatic carbocycles. The Kier molecular flexibility index (Phi) is 4.19. The number of rotatable bonds is 4. The summed E-state index contributed by atoms with van der Waals surface area (Å²) in [6.45, 7) is 8.57. The molecule has 0 bridgehead atoms. The van der Waals surface area contributed by atoms with E-state index in [2.05, 4.69) is 46.2 Å². The molecule has 6 nitrogen and oxygen atoms in total. The van der Waals surface area contributed by atoms with Crippen LogP contribution in [0.3, 0.4) is 0 Å². The Hall–Kier alpha value is -1.50. The molecule has 3 heterocycles. The van der Waals surface area contributed by atoms with Gasteiger partial charge in [-0.2, -0.15) is 26.8 Å². The normalized spacial score (nSPS) is 22.7. The fraction of sp³-hybridized carbons (Fsp3) is 0.643. The lowest BCUT2D eigenvalue weighted by atomic mass is 10.2. The van der Waals surface area contributed by atoms with Crippen LogP contribution in [0.1, 0.15) is 27.2 Å². The van der Waals surface area contributed by atoms with Gasteiger partial charge in [-0.1, -0.05) is 13.8 Å². The number of hydrogen-bond acceptors (Lipinski definition) is 6. The van der Waals surface area contributed by atoms with Crippen LogP contribution >= 0.6 is 11.8 Å². The number of hydrogen-bond donors (Lipinski definition) is 2. The summed E-state index contributed by atoms with van der Waals surface area (Å²) in [6.07, 6.45) is 2.88. The van der Waals surface area contributed by atoms with Crippen molar-refractivity contribution in [2.75, 3.05) is 29.1 Å². The third kappa shape index (κ3) is 2.79. The Morgan fingerprint density at radius 3 is 3.10 bits per heavy atom. The quantitative estimate of drug-likeness (QED) is 0.904. The van der Waals surface area contributed by atoms with E-state index in [1.807, 2.05) is 18.0 Å². The van der Waals surface area contributed by atoms with Gasteiger partial charge in [0.2, 0.25) is 5.95 Å². The van der Waals surface area contributed by atoms with E-state index in [-0.39, 0.29) is 0 Å². The van der Waals surface area contributed by atoms with Crippen molar-refractivity contribution in [3.05, 3.63) is 6.20 Å². The van der Waals surface area contributed by atoms with Gasteiger partial charge in [-0.3, -0.25) is 5.10 Å². The first-order valence-corrected chi connectivity index (χ1v) is 8.58. The van der Waals surface area contributed by atoms with E-state index in [4.69, 9.17) is 4.98 Å². The predicted octanol–water partition coefficient (Wildman–Crippen LogP) is 2.50. The third-order valence-corrected chi connectivity index (χ3v) is 5.32. The Bertz CT molecular complexity index is 613. The van der Waals surface area contributed by atoms with Crippen LogP contribution in [0.25, 0.3) is 11.0 Å². The highest BCUT2D eigenvalue weighted by Gasteiger charge is 2.28. The number of thioether (sulfide) groups is 1. The summed E-state index contributed by atoms with van der Waals surface area (Å²) < 4.78 is 0. The highest BCUT2D eigenvalue weighted by Crippen LogP contribution is 2.32. The van der Waals surface area contributed by atoms with Crippen LogP contribution in [0.2, 0.25) is 0 Å². The third-order valence-electron chi connectivity index (χ3n) is 3.98. The first-order valence-electron chi connectivity index (χ1n) is 7.54. The topological polar surface area (TPSA) is 69.7 Å². The average Bonchev–Trinajstić information content (AvgIpc) is 2.95. The summed E-state index contributed by atoms with van der Waals surface area (Å²) in [4.78, 5) is 11.6. The smallest absolute Gasteiger partial charge is 0.226 e. The van der Waals surface area contributed by atoms with Crippen LogP contribution < -0.4 is 10.2 Å². The molecule has 0 radical (unpaired) electrons. The van der Waals surface area contributed by atoms with Gasteiger partial charge >= 0.3 is 0 Å². The van der Waals surface area contributed by atoms with Gasteiger partial charge < -0.3 is 10.2 Å². The molecule has 3 rings (SSSR count). The monoisotopic (exact) mass is 306 g/mol. The van der Waals surface area contributed by atoms with Crippen LogP contribution in [-0.4, -0.2) is 50.3 Å². The summed E-state index contributed by atoms with van der Waals surface area (Å²) in [6, 6.07) is 0.454. The zero-order valence-electron chi connectivity index (χ0n) is 12.8. The number of nitrogens with one attached hydrogen (secondary N) is 2. The second-order valence-electron chi connectivity index (χ2n) is 5.44. The van der Waals surface area contributed by atoms with E-state index >= 15 is 0 Å². The van der Waals surface area contributed by atoms with E-state index in [0.717, 1.165) is 42.1 Å². The van der Waals surface area contributed by atoms with Gasteiger partial charge in [0.1, 0.15) is 5.82 Å². The van der Waals surface area contributed by atoms with E-state index in [0.29, 0.717) is 17.2 Å². The molecule has 114 valence electrons. The summed E-state index contributed by atoms with van der Waals surface area (Å²) in [5.41, 5.74) is 0.802. The number of aromatic amines is 1. The van der Waals surface area contributed by atoms with Gasteiger partial charge in [0, 0.05) is 30.1 Å². The molecule has 0 aliphatic carbocycles. The van der Waals surface area contributed by atoms with E-state index in [9.17, 15) is 0 Å². The minimum Gasteiger partial charge on any atom is -0.354 e. The molecule has 2 aromatic heterocycles. The molecular weight excluding hydrogens is 284 g/mol. The van der Waals surface area contributed by atoms with Gasteiger partial charge in [0.15, 0.2) is 5.65 Å². The molecule has 7 heteroatoms. The maximum absolute atomic E-state index is 4.75. The number of H-pyrrole nitrogens is 1. The minimum atomic E-state index is 0.454. The number of aromatic nitrogens is 4. The highest BCUT2D eigenvalue weighted by atomic mass is 32.2. The second-order valence-corrected chi connectivity index (χ2v) is 6.92. The van der Waals surface area contributed by atoms with Crippen molar-refractivity contribution in [3.63, 3.8) is 0 Å². The van der Waals surface area contributed by atoms with E-state index in [1.54, 1.807) is 0 Å². The zero-order valence-corrected chi connectivity index (χ0v) is 13.6. The van der Waals surface area contributed by atoms with Crippen molar-refractivity contribution in [2.45, 2.75) is 38.5 Å². The molecule has 0 amide bonds. The Morgan fingerprint density at radius 2 is 2.29 bits per heavy atom. The summed E-state index contributed by atoms with van der Waals surface area (Å²) in [7, 11) is 0. The van der Waals surface area contributed by atoms with Crippen LogP contribution in [0.15, 0.2) is 6.20 Å². The van der Waals surface area contributed by atoms with Crippen molar-refractivity contribution in [2.24, 2.45) is 0 Å². The summed E-state index contributed by atoms with van der Waals surface area (Å²) in [5, 5.41) is 12.0. The molecule has 1 aliphatic rings. The van der Waals surface area contributed by atoms with E-state index < -0.39 is 0 Å². The molecule has 2 N–H and O–H groups in total. The maximum Gasteiger partial charge on any atom is 0.226 e. The molecule has 1 saturated heterocycles. The molecule has 2 unspecified atom stereocenters. The summed E-state index contributed by atoms with van der Waals surface area (Å²) >= 11 is 2.03. The Balaban J connectivity index is 2.00. The lowest BCUT2D eigenvalue weighted by Gasteiger charge is -2.38. The van der Waals surface area contributed by atoms with Gasteiger partial charge in [-0.05, 0) is 13.3 Å². The average molecular weight is 306 g/mol.